The Bertz CT molecular complexity index is 1230. The van der Waals surface area contributed by atoms with Gasteiger partial charge < -0.3 is 4.57 Å². The zero-order valence-corrected chi connectivity index (χ0v) is 16.2. The highest BCUT2D eigenvalue weighted by Gasteiger charge is 2.14. The Kier molecular flexibility index (Phi) is 4.73. The monoisotopic (exact) mass is 394 g/mol. The Balaban J connectivity index is 1.83. The first-order chi connectivity index (χ1) is 13.4. The number of aromatic nitrogens is 2. The molecule has 4 rings (SSSR count). The fraction of sp³-hybridized carbons (Fsp3) is 0.136. The van der Waals surface area contributed by atoms with E-state index in [-0.39, 0.29) is 5.82 Å². The summed E-state index contributed by atoms with van der Waals surface area (Å²) in [5, 5.41) is 0.865. The van der Waals surface area contributed by atoms with Crippen molar-refractivity contribution in [2.45, 2.75) is 17.9 Å². The number of hydrogen-bond donors (Lipinski definition) is 0. The minimum atomic E-state index is -3.28. The molecule has 4 nitrogen and oxygen atoms in total. The van der Waals surface area contributed by atoms with Crippen molar-refractivity contribution >= 4 is 20.7 Å². The van der Waals surface area contributed by atoms with E-state index in [1.807, 2.05) is 30.5 Å². The van der Waals surface area contributed by atoms with Crippen LogP contribution < -0.4 is 0 Å². The molecule has 2 heterocycles. The van der Waals surface area contributed by atoms with Crippen molar-refractivity contribution in [3.8, 4) is 0 Å². The van der Waals surface area contributed by atoms with Gasteiger partial charge in [-0.25, -0.2) is 12.8 Å². The Morgan fingerprint density at radius 2 is 1.79 bits per heavy atom. The summed E-state index contributed by atoms with van der Waals surface area (Å²) in [6, 6.07) is 17.5. The van der Waals surface area contributed by atoms with Gasteiger partial charge in [-0.15, -0.1) is 0 Å². The summed E-state index contributed by atoms with van der Waals surface area (Å²) >= 11 is 0. The van der Waals surface area contributed by atoms with Crippen LogP contribution in [-0.2, 0) is 22.8 Å². The Morgan fingerprint density at radius 1 is 1.00 bits per heavy atom. The van der Waals surface area contributed by atoms with Crippen LogP contribution in [0.1, 0.15) is 16.8 Å². The first kappa shape index (κ1) is 18.4. The van der Waals surface area contributed by atoms with E-state index in [0.29, 0.717) is 17.9 Å². The standard InChI is InChI=1S/C22H19FN2O2S/c1-28(26,27)21-8-9-22-18(13-21)12-20(11-17-3-2-10-24-14-17)25(22)15-16-4-6-19(23)7-5-16/h2-10,12-14H,11,15H2,1H3. The van der Waals surface area contributed by atoms with Gasteiger partial charge in [0.1, 0.15) is 5.82 Å². The van der Waals surface area contributed by atoms with Crippen molar-refractivity contribution in [1.82, 2.24) is 9.55 Å². The number of sulfone groups is 1. The summed E-state index contributed by atoms with van der Waals surface area (Å²) in [6.45, 7) is 0.567. The molecular formula is C22H19FN2O2S. The van der Waals surface area contributed by atoms with E-state index in [1.165, 1.54) is 18.4 Å². The summed E-state index contributed by atoms with van der Waals surface area (Å²) in [7, 11) is -3.28. The van der Waals surface area contributed by atoms with E-state index < -0.39 is 9.84 Å². The summed E-state index contributed by atoms with van der Waals surface area (Å²) in [5.41, 5.74) is 4.01. The van der Waals surface area contributed by atoms with Crippen LogP contribution in [-0.4, -0.2) is 24.2 Å². The molecule has 0 aliphatic heterocycles. The average Bonchev–Trinajstić information content (AvgIpc) is 3.00. The van der Waals surface area contributed by atoms with E-state index in [1.54, 1.807) is 30.5 Å². The lowest BCUT2D eigenvalue weighted by Gasteiger charge is -2.12. The maximum Gasteiger partial charge on any atom is 0.175 e. The molecule has 6 heteroatoms. The SMILES string of the molecule is CS(=O)(=O)c1ccc2c(c1)cc(Cc1cccnc1)n2Cc1ccc(F)cc1. The topological polar surface area (TPSA) is 52.0 Å². The van der Waals surface area contributed by atoms with Crippen molar-refractivity contribution in [2.75, 3.05) is 6.26 Å². The van der Waals surface area contributed by atoms with Crippen molar-refractivity contribution in [2.24, 2.45) is 0 Å². The molecule has 0 amide bonds. The molecule has 0 atom stereocenters. The molecule has 28 heavy (non-hydrogen) atoms. The number of nitrogens with zero attached hydrogens (tertiary/aromatic N) is 2. The third-order valence-electron chi connectivity index (χ3n) is 4.75. The molecule has 0 saturated carbocycles. The number of halogens is 1. The minimum Gasteiger partial charge on any atom is -0.340 e. The Labute approximate surface area is 163 Å². The Hall–Kier alpha value is -2.99. The van der Waals surface area contributed by atoms with E-state index in [9.17, 15) is 12.8 Å². The lowest BCUT2D eigenvalue weighted by molar-refractivity contribution is 0.602. The first-order valence-electron chi connectivity index (χ1n) is 8.86. The second-order valence-corrected chi connectivity index (χ2v) is 8.89. The second kappa shape index (κ2) is 7.20. The first-order valence-corrected chi connectivity index (χ1v) is 10.7. The molecule has 0 aliphatic carbocycles. The molecule has 0 radical (unpaired) electrons. The van der Waals surface area contributed by atoms with Gasteiger partial charge in [-0.3, -0.25) is 4.98 Å². The number of hydrogen-bond acceptors (Lipinski definition) is 3. The van der Waals surface area contributed by atoms with E-state index >= 15 is 0 Å². The Morgan fingerprint density at radius 3 is 2.46 bits per heavy atom. The number of pyridine rings is 1. The molecule has 0 spiro atoms. The average molecular weight is 394 g/mol. The summed E-state index contributed by atoms with van der Waals surface area (Å²) in [5.74, 6) is -0.269. The zero-order chi connectivity index (χ0) is 19.7. The molecule has 4 aromatic rings. The van der Waals surface area contributed by atoms with Crippen LogP contribution in [0.3, 0.4) is 0 Å². The molecule has 0 saturated heterocycles. The van der Waals surface area contributed by atoms with Crippen molar-refractivity contribution in [3.05, 3.63) is 95.7 Å². The van der Waals surface area contributed by atoms with Gasteiger partial charge in [0, 0.05) is 48.2 Å². The number of benzene rings is 2. The van der Waals surface area contributed by atoms with Gasteiger partial charge in [0.2, 0.25) is 0 Å². The lowest BCUT2D eigenvalue weighted by atomic mass is 10.1. The van der Waals surface area contributed by atoms with Crippen molar-refractivity contribution in [3.63, 3.8) is 0 Å². The lowest BCUT2D eigenvalue weighted by Crippen LogP contribution is -2.05. The van der Waals surface area contributed by atoms with Gasteiger partial charge in [-0.1, -0.05) is 18.2 Å². The molecule has 0 fully saturated rings. The van der Waals surface area contributed by atoms with Gasteiger partial charge in [-0.2, -0.15) is 0 Å². The van der Waals surface area contributed by atoms with Gasteiger partial charge in [-0.05, 0) is 53.6 Å². The highest BCUT2D eigenvalue weighted by atomic mass is 32.2. The molecule has 2 aromatic carbocycles. The second-order valence-electron chi connectivity index (χ2n) is 6.88. The fourth-order valence-electron chi connectivity index (χ4n) is 3.35. The van der Waals surface area contributed by atoms with Crippen molar-refractivity contribution < 1.29 is 12.8 Å². The van der Waals surface area contributed by atoms with Crippen LogP contribution in [0.4, 0.5) is 4.39 Å². The normalized spacial score (nSPS) is 11.8. The predicted molar refractivity (Wildman–Crippen MR) is 108 cm³/mol. The molecule has 0 aliphatic rings. The van der Waals surface area contributed by atoms with Crippen LogP contribution in [0, 0.1) is 5.82 Å². The van der Waals surface area contributed by atoms with Crippen LogP contribution in [0.2, 0.25) is 0 Å². The van der Waals surface area contributed by atoms with Crippen LogP contribution in [0.5, 0.6) is 0 Å². The van der Waals surface area contributed by atoms with E-state index in [4.69, 9.17) is 0 Å². The molecule has 0 unspecified atom stereocenters. The third kappa shape index (κ3) is 3.82. The fourth-order valence-corrected chi connectivity index (χ4v) is 4.01. The number of fused-ring (bicyclic) bond motifs is 1. The molecule has 0 bridgehead atoms. The summed E-state index contributed by atoms with van der Waals surface area (Å²) in [6.07, 6.45) is 5.43. The maximum absolute atomic E-state index is 13.3. The van der Waals surface area contributed by atoms with Gasteiger partial charge in [0.05, 0.1) is 4.90 Å². The molecular weight excluding hydrogens is 375 g/mol. The van der Waals surface area contributed by atoms with Gasteiger partial charge in [0.25, 0.3) is 0 Å². The quantitative estimate of drug-likeness (QED) is 0.509. The molecule has 2 aromatic heterocycles. The van der Waals surface area contributed by atoms with E-state index in [0.717, 1.165) is 27.7 Å². The van der Waals surface area contributed by atoms with Gasteiger partial charge >= 0.3 is 0 Å². The highest BCUT2D eigenvalue weighted by Crippen LogP contribution is 2.26. The molecule has 142 valence electrons. The summed E-state index contributed by atoms with van der Waals surface area (Å²) in [4.78, 5) is 4.47. The van der Waals surface area contributed by atoms with Crippen LogP contribution >= 0.6 is 0 Å². The largest absolute Gasteiger partial charge is 0.340 e. The predicted octanol–water partition coefficient (Wildman–Crippen LogP) is 4.22. The highest BCUT2D eigenvalue weighted by molar-refractivity contribution is 7.90. The van der Waals surface area contributed by atoms with Gasteiger partial charge in [0.15, 0.2) is 9.84 Å². The number of rotatable bonds is 5. The molecule has 0 N–H and O–H groups in total. The van der Waals surface area contributed by atoms with E-state index in [2.05, 4.69) is 9.55 Å². The summed E-state index contributed by atoms with van der Waals surface area (Å²) < 4.78 is 39.3. The smallest absolute Gasteiger partial charge is 0.175 e. The zero-order valence-electron chi connectivity index (χ0n) is 15.3. The van der Waals surface area contributed by atoms with Crippen molar-refractivity contribution in [1.29, 1.82) is 0 Å². The van der Waals surface area contributed by atoms with Crippen LogP contribution in [0.25, 0.3) is 10.9 Å². The maximum atomic E-state index is 13.3. The van der Waals surface area contributed by atoms with Crippen LogP contribution in [0.15, 0.2) is 78.0 Å². The third-order valence-corrected chi connectivity index (χ3v) is 5.86. The minimum absolute atomic E-state index is 0.269.